The molecular weight excluding hydrogens is 188 g/mol. The number of ether oxygens (including phenoxy) is 1. The highest BCUT2D eigenvalue weighted by Crippen LogP contribution is 2.36. The van der Waals surface area contributed by atoms with Gasteiger partial charge in [-0.1, -0.05) is 40.0 Å². The molecule has 0 saturated heterocycles. The van der Waals surface area contributed by atoms with Gasteiger partial charge in [-0.3, -0.25) is 0 Å². The van der Waals surface area contributed by atoms with Gasteiger partial charge in [-0.25, -0.2) is 0 Å². The van der Waals surface area contributed by atoms with E-state index in [2.05, 4.69) is 20.8 Å². The molecule has 0 radical (unpaired) electrons. The quantitative estimate of drug-likeness (QED) is 0.712. The van der Waals surface area contributed by atoms with E-state index in [4.69, 9.17) is 4.74 Å². The number of unbranched alkanes of at least 4 members (excludes halogenated alkanes) is 2. The van der Waals surface area contributed by atoms with E-state index in [0.717, 1.165) is 25.9 Å². The Kier molecular flexibility index (Phi) is 5.07. The van der Waals surface area contributed by atoms with E-state index in [1.807, 2.05) is 0 Å². The van der Waals surface area contributed by atoms with Crippen LogP contribution in [0.1, 0.15) is 59.3 Å². The topological polar surface area (TPSA) is 29.5 Å². The summed E-state index contributed by atoms with van der Waals surface area (Å²) < 4.78 is 5.78. The van der Waals surface area contributed by atoms with Gasteiger partial charge in [-0.15, -0.1) is 0 Å². The molecular formula is C13H26O2. The Bertz CT molecular complexity index is 177. The Morgan fingerprint density at radius 3 is 2.73 bits per heavy atom. The van der Waals surface area contributed by atoms with Gasteiger partial charge < -0.3 is 9.84 Å². The summed E-state index contributed by atoms with van der Waals surface area (Å²) in [5.74, 6) is 0. The highest BCUT2D eigenvalue weighted by Gasteiger charge is 2.38. The minimum atomic E-state index is -0.284. The largest absolute Gasteiger partial charge is 0.390 e. The Balaban J connectivity index is 2.28. The fraction of sp³-hybridized carbons (Fsp3) is 1.00. The molecule has 0 aliphatic heterocycles. The van der Waals surface area contributed by atoms with Crippen LogP contribution in [0.25, 0.3) is 0 Å². The maximum Gasteiger partial charge on any atom is 0.0852 e. The van der Waals surface area contributed by atoms with Gasteiger partial charge in [-0.2, -0.15) is 0 Å². The molecule has 1 rings (SSSR count). The Morgan fingerprint density at radius 2 is 2.07 bits per heavy atom. The molecule has 0 aromatic heterocycles. The second kappa shape index (κ2) is 5.86. The summed E-state index contributed by atoms with van der Waals surface area (Å²) in [4.78, 5) is 0. The van der Waals surface area contributed by atoms with Crippen LogP contribution in [0, 0.1) is 5.41 Å². The van der Waals surface area contributed by atoms with Crippen molar-refractivity contribution in [2.75, 3.05) is 6.61 Å². The van der Waals surface area contributed by atoms with E-state index in [9.17, 15) is 5.11 Å². The van der Waals surface area contributed by atoms with E-state index < -0.39 is 0 Å². The number of hydrogen-bond acceptors (Lipinski definition) is 2. The van der Waals surface area contributed by atoms with Gasteiger partial charge >= 0.3 is 0 Å². The van der Waals surface area contributed by atoms with E-state index >= 15 is 0 Å². The third kappa shape index (κ3) is 3.76. The van der Waals surface area contributed by atoms with Crippen molar-refractivity contribution in [1.29, 1.82) is 0 Å². The van der Waals surface area contributed by atoms with Crippen LogP contribution in [0.5, 0.6) is 0 Å². The fourth-order valence-electron chi connectivity index (χ4n) is 2.33. The highest BCUT2D eigenvalue weighted by atomic mass is 16.5. The lowest BCUT2D eigenvalue weighted by Crippen LogP contribution is -2.44. The van der Waals surface area contributed by atoms with Crippen LogP contribution in [0.3, 0.4) is 0 Å². The molecule has 0 aromatic carbocycles. The summed E-state index contributed by atoms with van der Waals surface area (Å²) in [6.07, 6.45) is 6.69. The lowest BCUT2D eigenvalue weighted by Gasteiger charge is -2.40. The van der Waals surface area contributed by atoms with Gasteiger partial charge in [0.25, 0.3) is 0 Å². The average Bonchev–Trinajstić information content (AvgIpc) is 2.19. The van der Waals surface area contributed by atoms with Gasteiger partial charge in [0.05, 0.1) is 12.2 Å². The van der Waals surface area contributed by atoms with E-state index in [0.29, 0.717) is 0 Å². The van der Waals surface area contributed by atoms with Crippen molar-refractivity contribution in [3.63, 3.8) is 0 Å². The van der Waals surface area contributed by atoms with E-state index in [1.165, 1.54) is 19.3 Å². The second-order valence-corrected chi connectivity index (χ2v) is 5.44. The van der Waals surface area contributed by atoms with Crippen molar-refractivity contribution >= 4 is 0 Å². The first-order valence-corrected chi connectivity index (χ1v) is 6.37. The van der Waals surface area contributed by atoms with Crippen LogP contribution in [-0.4, -0.2) is 23.9 Å². The van der Waals surface area contributed by atoms with Crippen LogP contribution in [0.2, 0.25) is 0 Å². The molecule has 1 aliphatic carbocycles. The SMILES string of the molecule is CCCCCOC1CCCC(C)(C)C1O. The van der Waals surface area contributed by atoms with Gasteiger partial charge in [0.15, 0.2) is 0 Å². The normalized spacial score (nSPS) is 30.4. The van der Waals surface area contributed by atoms with Crippen molar-refractivity contribution < 1.29 is 9.84 Å². The molecule has 2 unspecified atom stereocenters. The minimum absolute atomic E-state index is 0.0354. The lowest BCUT2D eigenvalue weighted by molar-refractivity contribution is -0.112. The lowest BCUT2D eigenvalue weighted by atomic mass is 9.73. The van der Waals surface area contributed by atoms with Crippen molar-refractivity contribution in [2.24, 2.45) is 5.41 Å². The first-order valence-electron chi connectivity index (χ1n) is 6.37. The molecule has 2 nitrogen and oxygen atoms in total. The van der Waals surface area contributed by atoms with Crippen LogP contribution in [0.4, 0.5) is 0 Å². The van der Waals surface area contributed by atoms with Gasteiger partial charge in [0.1, 0.15) is 0 Å². The summed E-state index contributed by atoms with van der Waals surface area (Å²) in [5.41, 5.74) is 0.0354. The molecule has 1 N–H and O–H groups in total. The Morgan fingerprint density at radius 1 is 1.33 bits per heavy atom. The zero-order chi connectivity index (χ0) is 11.3. The third-order valence-corrected chi connectivity index (χ3v) is 3.54. The Labute approximate surface area is 94.0 Å². The molecule has 2 heteroatoms. The standard InChI is InChI=1S/C13H26O2/c1-4-5-6-10-15-11-8-7-9-13(2,3)12(11)14/h11-12,14H,4-10H2,1-3H3. The number of aliphatic hydroxyl groups excluding tert-OH is 1. The van der Waals surface area contributed by atoms with Crippen LogP contribution in [0.15, 0.2) is 0 Å². The van der Waals surface area contributed by atoms with Crippen molar-refractivity contribution in [3.8, 4) is 0 Å². The van der Waals surface area contributed by atoms with Crippen LogP contribution in [-0.2, 0) is 4.74 Å². The monoisotopic (exact) mass is 214 g/mol. The molecule has 1 aliphatic rings. The Hall–Kier alpha value is -0.0800. The molecule has 2 atom stereocenters. The number of rotatable bonds is 5. The molecule has 1 saturated carbocycles. The molecule has 0 bridgehead atoms. The van der Waals surface area contributed by atoms with Crippen molar-refractivity contribution in [1.82, 2.24) is 0 Å². The summed E-state index contributed by atoms with van der Waals surface area (Å²) >= 11 is 0. The summed E-state index contributed by atoms with van der Waals surface area (Å²) in [5, 5.41) is 10.1. The van der Waals surface area contributed by atoms with E-state index in [1.54, 1.807) is 0 Å². The average molecular weight is 214 g/mol. The third-order valence-electron chi connectivity index (χ3n) is 3.54. The molecule has 0 amide bonds. The summed E-state index contributed by atoms with van der Waals surface area (Å²) in [7, 11) is 0. The number of aliphatic hydroxyl groups is 1. The van der Waals surface area contributed by atoms with Gasteiger partial charge in [0, 0.05) is 6.61 Å². The molecule has 0 aromatic rings. The number of hydrogen-bond donors (Lipinski definition) is 1. The fourth-order valence-corrected chi connectivity index (χ4v) is 2.33. The van der Waals surface area contributed by atoms with Gasteiger partial charge in [0.2, 0.25) is 0 Å². The molecule has 1 fully saturated rings. The minimum Gasteiger partial charge on any atom is -0.390 e. The highest BCUT2D eigenvalue weighted by molar-refractivity contribution is 4.88. The zero-order valence-electron chi connectivity index (χ0n) is 10.5. The van der Waals surface area contributed by atoms with E-state index in [-0.39, 0.29) is 17.6 Å². The maximum atomic E-state index is 10.1. The zero-order valence-corrected chi connectivity index (χ0v) is 10.5. The van der Waals surface area contributed by atoms with Gasteiger partial charge in [-0.05, 0) is 24.7 Å². The maximum absolute atomic E-state index is 10.1. The smallest absolute Gasteiger partial charge is 0.0852 e. The molecule has 0 spiro atoms. The van der Waals surface area contributed by atoms with Crippen molar-refractivity contribution in [2.45, 2.75) is 71.5 Å². The van der Waals surface area contributed by atoms with Crippen LogP contribution < -0.4 is 0 Å². The first kappa shape index (κ1) is 13.0. The molecule has 90 valence electrons. The van der Waals surface area contributed by atoms with Crippen molar-refractivity contribution in [3.05, 3.63) is 0 Å². The molecule has 15 heavy (non-hydrogen) atoms. The predicted octanol–water partition coefficient (Wildman–Crippen LogP) is 3.13. The summed E-state index contributed by atoms with van der Waals surface area (Å²) in [6, 6.07) is 0. The predicted molar refractivity (Wildman–Crippen MR) is 62.9 cm³/mol. The summed E-state index contributed by atoms with van der Waals surface area (Å²) in [6.45, 7) is 7.28. The second-order valence-electron chi connectivity index (χ2n) is 5.44. The first-order chi connectivity index (χ1) is 7.08. The van der Waals surface area contributed by atoms with Crippen LogP contribution >= 0.6 is 0 Å². The molecule has 0 heterocycles.